The van der Waals surface area contributed by atoms with Crippen molar-refractivity contribution in [2.45, 2.75) is 33.1 Å². The van der Waals surface area contributed by atoms with E-state index in [0.717, 1.165) is 60.9 Å². The summed E-state index contributed by atoms with van der Waals surface area (Å²) < 4.78 is 7.45. The third kappa shape index (κ3) is 2.14. The first-order valence-corrected chi connectivity index (χ1v) is 9.52. The van der Waals surface area contributed by atoms with Crippen LogP contribution < -0.4 is 4.90 Å². The topological polar surface area (TPSA) is 55.5 Å². The second-order valence-corrected chi connectivity index (χ2v) is 8.02. The number of ether oxygens (including phenoxy) is 1. The Morgan fingerprint density at radius 3 is 2.88 bits per heavy atom. The second-order valence-electron chi connectivity index (χ2n) is 6.94. The van der Waals surface area contributed by atoms with Gasteiger partial charge in [0.2, 0.25) is 5.95 Å². The number of nitrogens with zero attached hydrogens (tertiary/aromatic N) is 5. The van der Waals surface area contributed by atoms with Gasteiger partial charge in [-0.15, -0.1) is 16.4 Å². The fraction of sp³-hybridized carbons (Fsp3) is 0.588. The highest BCUT2D eigenvalue weighted by atomic mass is 32.1. The molecule has 1 aliphatic heterocycles. The van der Waals surface area contributed by atoms with Crippen LogP contribution in [0.2, 0.25) is 0 Å². The van der Waals surface area contributed by atoms with Crippen molar-refractivity contribution < 1.29 is 4.74 Å². The minimum atomic E-state index is 0.735. The van der Waals surface area contributed by atoms with Gasteiger partial charge >= 0.3 is 0 Å². The molecule has 24 heavy (non-hydrogen) atoms. The molecular weight excluding hydrogens is 322 g/mol. The third-order valence-corrected chi connectivity index (χ3v) is 6.30. The van der Waals surface area contributed by atoms with Crippen LogP contribution in [0.3, 0.4) is 0 Å². The predicted molar refractivity (Wildman–Crippen MR) is 95.1 cm³/mol. The van der Waals surface area contributed by atoms with Crippen LogP contribution in [0.25, 0.3) is 15.9 Å². The van der Waals surface area contributed by atoms with Crippen LogP contribution in [0.5, 0.6) is 0 Å². The van der Waals surface area contributed by atoms with E-state index in [0.29, 0.717) is 0 Å². The molecule has 6 nitrogen and oxygen atoms in total. The van der Waals surface area contributed by atoms with Crippen molar-refractivity contribution in [1.82, 2.24) is 19.6 Å². The highest BCUT2D eigenvalue weighted by Crippen LogP contribution is 2.39. The second kappa shape index (κ2) is 5.39. The molecule has 1 aliphatic carbocycles. The summed E-state index contributed by atoms with van der Waals surface area (Å²) in [7, 11) is 0. The van der Waals surface area contributed by atoms with Gasteiger partial charge < -0.3 is 9.64 Å². The summed E-state index contributed by atoms with van der Waals surface area (Å²) in [6.07, 6.45) is 3.58. The van der Waals surface area contributed by atoms with Crippen LogP contribution in [0.15, 0.2) is 0 Å². The minimum absolute atomic E-state index is 0.735. The zero-order valence-electron chi connectivity index (χ0n) is 14.1. The summed E-state index contributed by atoms with van der Waals surface area (Å²) in [4.78, 5) is 14.7. The molecule has 3 aromatic heterocycles. The number of rotatable bonds is 1. The van der Waals surface area contributed by atoms with Gasteiger partial charge in [-0.05, 0) is 37.7 Å². The zero-order chi connectivity index (χ0) is 16.3. The first-order valence-electron chi connectivity index (χ1n) is 8.71. The van der Waals surface area contributed by atoms with Crippen molar-refractivity contribution >= 4 is 33.1 Å². The molecule has 126 valence electrons. The molecule has 0 radical (unpaired) electrons. The molecule has 1 saturated heterocycles. The fourth-order valence-corrected chi connectivity index (χ4v) is 5.08. The van der Waals surface area contributed by atoms with E-state index in [1.165, 1.54) is 28.7 Å². The Bertz CT molecular complexity index is 924. The lowest BCUT2D eigenvalue weighted by molar-refractivity contribution is 0.122. The van der Waals surface area contributed by atoms with Gasteiger partial charge in [-0.1, -0.05) is 6.92 Å². The first-order chi connectivity index (χ1) is 11.7. The van der Waals surface area contributed by atoms with Gasteiger partial charge in [0, 0.05) is 18.0 Å². The largest absolute Gasteiger partial charge is 0.378 e. The molecular formula is C17H21N5OS. The van der Waals surface area contributed by atoms with E-state index in [4.69, 9.17) is 14.7 Å². The minimum Gasteiger partial charge on any atom is -0.378 e. The molecule has 1 fully saturated rings. The quantitative estimate of drug-likeness (QED) is 0.680. The molecule has 0 bridgehead atoms. The SMILES string of the molecule is Cc1nc2c3c4c(sc3nc(N3CCOCC3)n2n1)CCC(C)C4. The molecule has 5 rings (SSSR count). The maximum atomic E-state index is 5.49. The van der Waals surface area contributed by atoms with E-state index in [1.807, 2.05) is 22.8 Å². The Morgan fingerprint density at radius 1 is 1.21 bits per heavy atom. The molecule has 1 atom stereocenters. The molecule has 3 aromatic rings. The van der Waals surface area contributed by atoms with Gasteiger partial charge in [-0.2, -0.15) is 4.52 Å². The van der Waals surface area contributed by atoms with Gasteiger partial charge in [-0.25, -0.2) is 9.97 Å². The van der Waals surface area contributed by atoms with Crippen molar-refractivity contribution in [2.75, 3.05) is 31.2 Å². The smallest absolute Gasteiger partial charge is 0.230 e. The van der Waals surface area contributed by atoms with E-state index in [9.17, 15) is 0 Å². The molecule has 0 amide bonds. The number of aromatic nitrogens is 4. The van der Waals surface area contributed by atoms with Crippen LogP contribution in [-0.2, 0) is 17.6 Å². The van der Waals surface area contributed by atoms with Gasteiger partial charge in [0.15, 0.2) is 5.65 Å². The average molecular weight is 343 g/mol. The van der Waals surface area contributed by atoms with Crippen LogP contribution >= 0.6 is 11.3 Å². The molecule has 2 aliphatic rings. The zero-order valence-corrected chi connectivity index (χ0v) is 14.9. The van der Waals surface area contributed by atoms with Gasteiger partial charge in [0.25, 0.3) is 0 Å². The van der Waals surface area contributed by atoms with Crippen molar-refractivity contribution in [2.24, 2.45) is 5.92 Å². The molecule has 7 heteroatoms. The fourth-order valence-electron chi connectivity index (χ4n) is 3.88. The highest BCUT2D eigenvalue weighted by Gasteiger charge is 2.26. The van der Waals surface area contributed by atoms with E-state index < -0.39 is 0 Å². The maximum absolute atomic E-state index is 5.49. The lowest BCUT2D eigenvalue weighted by Crippen LogP contribution is -2.38. The number of aryl methyl sites for hydroxylation is 2. The lowest BCUT2D eigenvalue weighted by atomic mass is 9.89. The molecule has 4 heterocycles. The molecule has 0 spiro atoms. The average Bonchev–Trinajstić information content (AvgIpc) is 3.14. The first kappa shape index (κ1) is 14.6. The summed E-state index contributed by atoms with van der Waals surface area (Å²) >= 11 is 1.85. The van der Waals surface area contributed by atoms with Crippen LogP contribution in [0.4, 0.5) is 5.95 Å². The molecule has 0 N–H and O–H groups in total. The molecule has 0 saturated carbocycles. The number of fused-ring (bicyclic) bond motifs is 5. The number of thiophene rings is 1. The number of hydrogen-bond donors (Lipinski definition) is 0. The van der Waals surface area contributed by atoms with E-state index in [-0.39, 0.29) is 0 Å². The standard InChI is InChI=1S/C17H21N5OS/c1-10-3-4-13-12(9-10)14-15-18-11(2)20-22(15)17(19-16(14)24-13)21-5-7-23-8-6-21/h10H,3-9H2,1-2H3. The Morgan fingerprint density at radius 2 is 2.04 bits per heavy atom. The number of anilines is 1. The Kier molecular flexibility index (Phi) is 3.28. The van der Waals surface area contributed by atoms with Crippen molar-refractivity contribution in [3.05, 3.63) is 16.3 Å². The van der Waals surface area contributed by atoms with Crippen LogP contribution in [0, 0.1) is 12.8 Å². The number of hydrogen-bond acceptors (Lipinski definition) is 6. The molecule has 0 aromatic carbocycles. The van der Waals surface area contributed by atoms with Gasteiger partial charge in [0.1, 0.15) is 10.7 Å². The van der Waals surface area contributed by atoms with E-state index >= 15 is 0 Å². The lowest BCUT2D eigenvalue weighted by Gasteiger charge is -2.27. The summed E-state index contributed by atoms with van der Waals surface area (Å²) in [5, 5.41) is 5.89. The Labute approximate surface area is 144 Å². The maximum Gasteiger partial charge on any atom is 0.230 e. The van der Waals surface area contributed by atoms with Crippen molar-refractivity contribution in [1.29, 1.82) is 0 Å². The monoisotopic (exact) mass is 343 g/mol. The van der Waals surface area contributed by atoms with Crippen molar-refractivity contribution in [3.63, 3.8) is 0 Å². The van der Waals surface area contributed by atoms with E-state index in [2.05, 4.69) is 16.9 Å². The summed E-state index contributed by atoms with van der Waals surface area (Å²) in [6.45, 7) is 7.50. The predicted octanol–water partition coefficient (Wildman–Crippen LogP) is 2.61. The van der Waals surface area contributed by atoms with Crippen molar-refractivity contribution in [3.8, 4) is 0 Å². The highest BCUT2D eigenvalue weighted by molar-refractivity contribution is 7.19. The van der Waals surface area contributed by atoms with Crippen LogP contribution in [-0.4, -0.2) is 45.9 Å². The summed E-state index contributed by atoms with van der Waals surface area (Å²) in [6, 6.07) is 0. The van der Waals surface area contributed by atoms with Crippen LogP contribution in [0.1, 0.15) is 29.6 Å². The van der Waals surface area contributed by atoms with Gasteiger partial charge in [-0.3, -0.25) is 0 Å². The third-order valence-electron chi connectivity index (χ3n) is 5.11. The molecule has 1 unspecified atom stereocenters. The normalized spacial score (nSPS) is 21.6. The Hall–Kier alpha value is -1.73. The van der Waals surface area contributed by atoms with E-state index in [1.54, 1.807) is 0 Å². The summed E-state index contributed by atoms with van der Waals surface area (Å²) in [5.74, 6) is 2.45. The Balaban J connectivity index is 1.78. The number of morpholine rings is 1. The summed E-state index contributed by atoms with van der Waals surface area (Å²) in [5.41, 5.74) is 2.44. The van der Waals surface area contributed by atoms with Gasteiger partial charge in [0.05, 0.1) is 18.6 Å².